The maximum absolute atomic E-state index is 5.67. The standard InChI is InChI=1S/C14H31NO/c1-11(2)14(7,10-15-12(3)4)8-9-16-13(5)6/h11-13,15H,8-10H2,1-7H3. The number of ether oxygens (including phenoxy) is 1. The highest BCUT2D eigenvalue weighted by atomic mass is 16.5. The summed E-state index contributed by atoms with van der Waals surface area (Å²) in [5.74, 6) is 0.675. The Morgan fingerprint density at radius 2 is 1.62 bits per heavy atom. The van der Waals surface area contributed by atoms with E-state index in [-0.39, 0.29) is 0 Å². The van der Waals surface area contributed by atoms with E-state index in [4.69, 9.17) is 4.74 Å². The van der Waals surface area contributed by atoms with Gasteiger partial charge in [0.25, 0.3) is 0 Å². The van der Waals surface area contributed by atoms with E-state index < -0.39 is 0 Å². The van der Waals surface area contributed by atoms with E-state index in [2.05, 4.69) is 53.8 Å². The zero-order chi connectivity index (χ0) is 12.8. The zero-order valence-corrected chi connectivity index (χ0v) is 12.3. The molecule has 16 heavy (non-hydrogen) atoms. The number of hydrogen-bond acceptors (Lipinski definition) is 2. The van der Waals surface area contributed by atoms with Crippen LogP contribution in [0.1, 0.15) is 54.9 Å². The fourth-order valence-corrected chi connectivity index (χ4v) is 1.55. The Balaban J connectivity index is 4.12. The summed E-state index contributed by atoms with van der Waals surface area (Å²) >= 11 is 0. The van der Waals surface area contributed by atoms with Crippen LogP contribution in [-0.4, -0.2) is 25.3 Å². The second-order valence-corrected chi connectivity index (χ2v) is 6.01. The first-order valence-electron chi connectivity index (χ1n) is 6.63. The largest absolute Gasteiger partial charge is 0.379 e. The molecule has 2 nitrogen and oxygen atoms in total. The maximum atomic E-state index is 5.67. The smallest absolute Gasteiger partial charge is 0.0518 e. The minimum atomic E-state index is 0.332. The molecule has 0 aliphatic carbocycles. The number of nitrogens with one attached hydrogen (secondary N) is 1. The molecule has 1 unspecified atom stereocenters. The van der Waals surface area contributed by atoms with Crippen molar-refractivity contribution in [3.05, 3.63) is 0 Å². The van der Waals surface area contributed by atoms with Crippen molar-refractivity contribution in [3.63, 3.8) is 0 Å². The molecule has 0 aliphatic rings. The molecule has 1 N–H and O–H groups in total. The summed E-state index contributed by atoms with van der Waals surface area (Å²) in [6.45, 7) is 17.5. The normalized spacial score (nSPS) is 16.1. The van der Waals surface area contributed by atoms with E-state index in [1.807, 2.05) is 0 Å². The Morgan fingerprint density at radius 1 is 1.06 bits per heavy atom. The maximum Gasteiger partial charge on any atom is 0.0518 e. The van der Waals surface area contributed by atoms with E-state index in [0.717, 1.165) is 19.6 Å². The van der Waals surface area contributed by atoms with Crippen LogP contribution in [0.2, 0.25) is 0 Å². The summed E-state index contributed by atoms with van der Waals surface area (Å²) in [5, 5.41) is 3.55. The summed E-state index contributed by atoms with van der Waals surface area (Å²) in [7, 11) is 0. The van der Waals surface area contributed by atoms with Crippen molar-refractivity contribution in [3.8, 4) is 0 Å². The number of rotatable bonds is 8. The van der Waals surface area contributed by atoms with Crippen LogP contribution in [0.4, 0.5) is 0 Å². The predicted molar refractivity (Wildman–Crippen MR) is 71.8 cm³/mol. The lowest BCUT2D eigenvalue weighted by Gasteiger charge is -2.35. The lowest BCUT2D eigenvalue weighted by atomic mass is 9.76. The van der Waals surface area contributed by atoms with Gasteiger partial charge in [0.2, 0.25) is 0 Å². The molecule has 0 rings (SSSR count). The molecule has 0 saturated heterocycles. The van der Waals surface area contributed by atoms with Gasteiger partial charge in [-0.15, -0.1) is 0 Å². The molecular weight excluding hydrogens is 198 g/mol. The van der Waals surface area contributed by atoms with Crippen molar-refractivity contribution < 1.29 is 4.74 Å². The van der Waals surface area contributed by atoms with Crippen LogP contribution in [-0.2, 0) is 4.74 Å². The fraction of sp³-hybridized carbons (Fsp3) is 1.00. The van der Waals surface area contributed by atoms with Gasteiger partial charge in [-0.05, 0) is 31.6 Å². The molecule has 0 aromatic carbocycles. The molecule has 0 bridgehead atoms. The summed E-state index contributed by atoms with van der Waals surface area (Å²) in [4.78, 5) is 0. The first kappa shape index (κ1) is 15.9. The van der Waals surface area contributed by atoms with Gasteiger partial charge in [-0.3, -0.25) is 0 Å². The highest BCUT2D eigenvalue weighted by Gasteiger charge is 2.28. The third-order valence-electron chi connectivity index (χ3n) is 3.43. The SMILES string of the molecule is CC(C)NCC(C)(CCOC(C)C)C(C)C. The van der Waals surface area contributed by atoms with Crippen LogP contribution in [0, 0.1) is 11.3 Å². The summed E-state index contributed by atoms with van der Waals surface area (Å²) in [6, 6.07) is 0.559. The average molecular weight is 229 g/mol. The van der Waals surface area contributed by atoms with Crippen LogP contribution in [0.5, 0.6) is 0 Å². The second kappa shape index (κ2) is 7.29. The molecule has 98 valence electrons. The van der Waals surface area contributed by atoms with E-state index in [9.17, 15) is 0 Å². The molecule has 0 aromatic heterocycles. The topological polar surface area (TPSA) is 21.3 Å². The second-order valence-electron chi connectivity index (χ2n) is 6.01. The van der Waals surface area contributed by atoms with Crippen molar-refractivity contribution in [2.75, 3.05) is 13.2 Å². The monoisotopic (exact) mass is 229 g/mol. The van der Waals surface area contributed by atoms with Crippen molar-refractivity contribution in [1.82, 2.24) is 5.32 Å². The molecule has 1 atom stereocenters. The highest BCUT2D eigenvalue weighted by Crippen LogP contribution is 2.30. The molecule has 0 aromatic rings. The quantitative estimate of drug-likeness (QED) is 0.688. The minimum absolute atomic E-state index is 0.332. The van der Waals surface area contributed by atoms with E-state index in [1.165, 1.54) is 0 Å². The average Bonchev–Trinajstić information content (AvgIpc) is 2.13. The number of hydrogen-bond donors (Lipinski definition) is 1. The molecule has 0 radical (unpaired) electrons. The van der Waals surface area contributed by atoms with Crippen molar-refractivity contribution in [2.45, 2.75) is 67.0 Å². The van der Waals surface area contributed by atoms with Crippen LogP contribution in [0.3, 0.4) is 0 Å². The van der Waals surface area contributed by atoms with Crippen LogP contribution < -0.4 is 5.32 Å². The first-order chi connectivity index (χ1) is 7.28. The summed E-state index contributed by atoms with van der Waals surface area (Å²) in [5.41, 5.74) is 0.332. The summed E-state index contributed by atoms with van der Waals surface area (Å²) in [6.07, 6.45) is 1.47. The van der Waals surface area contributed by atoms with Crippen LogP contribution >= 0.6 is 0 Å². The zero-order valence-electron chi connectivity index (χ0n) is 12.3. The molecular formula is C14H31NO. The van der Waals surface area contributed by atoms with Crippen molar-refractivity contribution in [1.29, 1.82) is 0 Å². The van der Waals surface area contributed by atoms with Gasteiger partial charge in [0.15, 0.2) is 0 Å². The van der Waals surface area contributed by atoms with Crippen LogP contribution in [0.15, 0.2) is 0 Å². The summed E-state index contributed by atoms with van der Waals surface area (Å²) < 4.78 is 5.67. The van der Waals surface area contributed by atoms with Gasteiger partial charge in [-0.25, -0.2) is 0 Å². The Hall–Kier alpha value is -0.0800. The van der Waals surface area contributed by atoms with Crippen LogP contribution in [0.25, 0.3) is 0 Å². The van der Waals surface area contributed by atoms with Gasteiger partial charge in [-0.2, -0.15) is 0 Å². The van der Waals surface area contributed by atoms with Gasteiger partial charge in [-0.1, -0.05) is 34.6 Å². The fourth-order valence-electron chi connectivity index (χ4n) is 1.55. The molecule has 0 aliphatic heterocycles. The van der Waals surface area contributed by atoms with Gasteiger partial charge in [0.1, 0.15) is 0 Å². The Labute approximate surface area is 102 Å². The van der Waals surface area contributed by atoms with E-state index in [0.29, 0.717) is 23.5 Å². The van der Waals surface area contributed by atoms with Gasteiger partial charge in [0, 0.05) is 19.2 Å². The molecule has 0 spiro atoms. The van der Waals surface area contributed by atoms with Gasteiger partial charge in [0.05, 0.1) is 6.10 Å². The molecule has 0 fully saturated rings. The van der Waals surface area contributed by atoms with Gasteiger partial charge >= 0.3 is 0 Å². The van der Waals surface area contributed by atoms with E-state index in [1.54, 1.807) is 0 Å². The van der Waals surface area contributed by atoms with E-state index >= 15 is 0 Å². The molecule has 2 heteroatoms. The lowest BCUT2D eigenvalue weighted by molar-refractivity contribution is 0.0418. The van der Waals surface area contributed by atoms with Crippen molar-refractivity contribution in [2.24, 2.45) is 11.3 Å². The Kier molecular flexibility index (Phi) is 7.25. The lowest BCUT2D eigenvalue weighted by Crippen LogP contribution is -2.40. The first-order valence-corrected chi connectivity index (χ1v) is 6.63. The minimum Gasteiger partial charge on any atom is -0.379 e. The molecule has 0 heterocycles. The Morgan fingerprint density at radius 3 is 2.00 bits per heavy atom. The molecule has 0 amide bonds. The highest BCUT2D eigenvalue weighted by molar-refractivity contribution is 4.80. The predicted octanol–water partition coefficient (Wildman–Crippen LogP) is 3.46. The third kappa shape index (κ3) is 6.49. The van der Waals surface area contributed by atoms with Gasteiger partial charge < -0.3 is 10.1 Å². The van der Waals surface area contributed by atoms with Crippen molar-refractivity contribution >= 4 is 0 Å². The third-order valence-corrected chi connectivity index (χ3v) is 3.43. The molecule has 0 saturated carbocycles. The Bertz CT molecular complexity index is 178.